The van der Waals surface area contributed by atoms with Crippen LogP contribution in [0.4, 0.5) is 0 Å². The molecule has 1 aliphatic rings. The zero-order valence-corrected chi connectivity index (χ0v) is 7.48. The van der Waals surface area contributed by atoms with Gasteiger partial charge in [-0.25, -0.2) is 9.80 Å². The first-order valence-electron chi connectivity index (χ1n) is 4.58. The molecular formula is C8H14N2O3. The Morgan fingerprint density at radius 3 is 2.62 bits per heavy atom. The Balaban J connectivity index is 2.60. The summed E-state index contributed by atoms with van der Waals surface area (Å²) in [6, 6.07) is -0.710. The molecule has 13 heavy (non-hydrogen) atoms. The number of nitrogens with zero attached hydrogens (tertiary/aromatic N) is 2. The Kier molecular flexibility index (Phi) is 3.67. The Hall–Kier alpha value is -1.13. The van der Waals surface area contributed by atoms with Crippen molar-refractivity contribution in [1.82, 2.24) is 5.01 Å². The van der Waals surface area contributed by atoms with Gasteiger partial charge in [-0.15, -0.1) is 4.91 Å². The second kappa shape index (κ2) is 4.79. The molecule has 1 atom stereocenters. The number of carboxylic acids is 1. The summed E-state index contributed by atoms with van der Waals surface area (Å²) in [6.07, 6.45) is 4.36. The number of aliphatic carboxylic acids is 1. The summed E-state index contributed by atoms with van der Waals surface area (Å²) >= 11 is 0. The van der Waals surface area contributed by atoms with Crippen molar-refractivity contribution in [3.8, 4) is 0 Å². The largest absolute Gasteiger partial charge is 0.480 e. The summed E-state index contributed by atoms with van der Waals surface area (Å²) in [6.45, 7) is 0.473. The molecule has 0 radical (unpaired) electrons. The van der Waals surface area contributed by atoms with Gasteiger partial charge < -0.3 is 5.11 Å². The SMILES string of the molecule is O=NN1CCCCCC[C@@H]1C(=O)O. The number of rotatable bonds is 2. The highest BCUT2D eigenvalue weighted by Crippen LogP contribution is 2.16. The first-order valence-corrected chi connectivity index (χ1v) is 4.58. The van der Waals surface area contributed by atoms with E-state index in [4.69, 9.17) is 5.11 Å². The van der Waals surface area contributed by atoms with Gasteiger partial charge in [-0.3, -0.25) is 0 Å². The fraction of sp³-hybridized carbons (Fsp3) is 0.875. The monoisotopic (exact) mass is 186 g/mol. The van der Waals surface area contributed by atoms with Gasteiger partial charge in [-0.1, -0.05) is 19.3 Å². The van der Waals surface area contributed by atoms with Crippen LogP contribution in [-0.4, -0.2) is 28.7 Å². The lowest BCUT2D eigenvalue weighted by molar-refractivity contribution is -0.144. The summed E-state index contributed by atoms with van der Waals surface area (Å²) in [5.41, 5.74) is 0. The number of nitroso groups, excluding NO2 is 1. The van der Waals surface area contributed by atoms with E-state index in [1.807, 2.05) is 0 Å². The molecule has 5 heteroatoms. The van der Waals surface area contributed by atoms with E-state index >= 15 is 0 Å². The zero-order chi connectivity index (χ0) is 9.68. The quantitative estimate of drug-likeness (QED) is 0.661. The first kappa shape index (κ1) is 9.95. The van der Waals surface area contributed by atoms with Gasteiger partial charge in [0.25, 0.3) is 0 Å². The maximum absolute atomic E-state index is 10.7. The van der Waals surface area contributed by atoms with Crippen LogP contribution in [0.2, 0.25) is 0 Å². The van der Waals surface area contributed by atoms with Crippen molar-refractivity contribution < 1.29 is 9.90 Å². The molecule has 0 aromatic heterocycles. The van der Waals surface area contributed by atoms with Crippen molar-refractivity contribution in [1.29, 1.82) is 0 Å². The minimum absolute atomic E-state index is 0.473. The standard InChI is InChI=1S/C8H14N2O3/c11-8(12)7-5-3-1-2-4-6-10(7)9-13/h7H,1-6H2,(H,11,12)/t7-/m1/s1. The third-order valence-electron chi connectivity index (χ3n) is 2.36. The Bertz CT molecular complexity index is 196. The second-order valence-electron chi connectivity index (χ2n) is 3.30. The van der Waals surface area contributed by atoms with E-state index in [2.05, 4.69) is 5.29 Å². The van der Waals surface area contributed by atoms with E-state index < -0.39 is 12.0 Å². The summed E-state index contributed by atoms with van der Waals surface area (Å²) < 4.78 is 0. The van der Waals surface area contributed by atoms with Crippen molar-refractivity contribution in [3.63, 3.8) is 0 Å². The van der Waals surface area contributed by atoms with E-state index in [-0.39, 0.29) is 0 Å². The maximum atomic E-state index is 10.7. The van der Waals surface area contributed by atoms with Crippen molar-refractivity contribution >= 4 is 5.97 Å². The van der Waals surface area contributed by atoms with Crippen LogP contribution in [0.1, 0.15) is 32.1 Å². The van der Waals surface area contributed by atoms with Crippen LogP contribution < -0.4 is 0 Å². The van der Waals surface area contributed by atoms with Crippen molar-refractivity contribution in [3.05, 3.63) is 4.91 Å². The van der Waals surface area contributed by atoms with Gasteiger partial charge in [-0.2, -0.15) is 0 Å². The molecule has 0 saturated carbocycles. The predicted octanol–water partition coefficient (Wildman–Crippen LogP) is 1.39. The highest BCUT2D eigenvalue weighted by Gasteiger charge is 2.25. The zero-order valence-electron chi connectivity index (χ0n) is 7.48. The molecule has 1 N–H and O–H groups in total. The molecule has 0 aromatic carbocycles. The molecule has 0 aliphatic carbocycles. The van der Waals surface area contributed by atoms with Crippen molar-refractivity contribution in [2.45, 2.75) is 38.1 Å². The number of carbonyl (C=O) groups is 1. The van der Waals surface area contributed by atoms with E-state index in [1.165, 1.54) is 0 Å². The highest BCUT2D eigenvalue weighted by atomic mass is 16.4. The van der Waals surface area contributed by atoms with Gasteiger partial charge in [0.1, 0.15) is 6.04 Å². The highest BCUT2D eigenvalue weighted by molar-refractivity contribution is 5.73. The van der Waals surface area contributed by atoms with Crippen LogP contribution in [0.15, 0.2) is 5.29 Å². The second-order valence-corrected chi connectivity index (χ2v) is 3.30. The minimum atomic E-state index is -0.943. The topological polar surface area (TPSA) is 70.0 Å². The van der Waals surface area contributed by atoms with Crippen LogP contribution >= 0.6 is 0 Å². The third kappa shape index (κ3) is 2.68. The average Bonchev–Trinajstić information content (AvgIpc) is 2.03. The van der Waals surface area contributed by atoms with Gasteiger partial charge in [-0.05, 0) is 12.8 Å². The molecular weight excluding hydrogens is 172 g/mol. The maximum Gasteiger partial charge on any atom is 0.328 e. The van der Waals surface area contributed by atoms with E-state index in [9.17, 15) is 9.70 Å². The smallest absolute Gasteiger partial charge is 0.328 e. The lowest BCUT2D eigenvalue weighted by atomic mass is 10.0. The summed E-state index contributed by atoms with van der Waals surface area (Å²) in [5.74, 6) is -0.943. The molecule has 0 bridgehead atoms. The van der Waals surface area contributed by atoms with Gasteiger partial charge in [0.05, 0.1) is 5.29 Å². The molecule has 1 rings (SSSR count). The van der Waals surface area contributed by atoms with Crippen LogP contribution in [-0.2, 0) is 4.79 Å². The van der Waals surface area contributed by atoms with Gasteiger partial charge in [0, 0.05) is 6.54 Å². The Morgan fingerprint density at radius 1 is 1.31 bits per heavy atom. The molecule has 74 valence electrons. The number of hydrogen-bond acceptors (Lipinski definition) is 3. The minimum Gasteiger partial charge on any atom is -0.480 e. The van der Waals surface area contributed by atoms with Crippen LogP contribution in [0, 0.1) is 4.91 Å². The summed E-state index contributed by atoms with van der Waals surface area (Å²) in [4.78, 5) is 21.1. The normalized spacial score (nSPS) is 24.6. The van der Waals surface area contributed by atoms with Crippen LogP contribution in [0.5, 0.6) is 0 Å². The molecule has 0 amide bonds. The lowest BCUT2D eigenvalue weighted by Gasteiger charge is -2.24. The molecule has 0 unspecified atom stereocenters. The molecule has 1 heterocycles. The predicted molar refractivity (Wildman–Crippen MR) is 47.0 cm³/mol. The number of hydrogen-bond donors (Lipinski definition) is 1. The molecule has 0 aromatic rings. The van der Waals surface area contributed by atoms with Gasteiger partial charge >= 0.3 is 5.97 Å². The van der Waals surface area contributed by atoms with Crippen molar-refractivity contribution in [2.75, 3.05) is 6.54 Å². The lowest BCUT2D eigenvalue weighted by Crippen LogP contribution is -2.38. The first-order chi connectivity index (χ1) is 6.25. The van der Waals surface area contributed by atoms with Crippen molar-refractivity contribution in [2.24, 2.45) is 5.29 Å². The molecule has 1 aliphatic heterocycles. The Labute approximate surface area is 76.7 Å². The summed E-state index contributed by atoms with van der Waals surface area (Å²) in [7, 11) is 0. The molecule has 1 saturated heterocycles. The molecule has 5 nitrogen and oxygen atoms in total. The fourth-order valence-electron chi connectivity index (χ4n) is 1.62. The third-order valence-corrected chi connectivity index (χ3v) is 2.36. The average molecular weight is 186 g/mol. The van der Waals surface area contributed by atoms with E-state index in [0.29, 0.717) is 13.0 Å². The number of carboxylic acid groups (broad SMARTS) is 1. The molecule has 0 spiro atoms. The van der Waals surface area contributed by atoms with Gasteiger partial charge in [0.15, 0.2) is 0 Å². The molecule has 1 fully saturated rings. The van der Waals surface area contributed by atoms with Crippen LogP contribution in [0.25, 0.3) is 0 Å². The van der Waals surface area contributed by atoms with Crippen LogP contribution in [0.3, 0.4) is 0 Å². The van der Waals surface area contributed by atoms with E-state index in [1.54, 1.807) is 0 Å². The van der Waals surface area contributed by atoms with Gasteiger partial charge in [0.2, 0.25) is 0 Å². The van der Waals surface area contributed by atoms with E-state index in [0.717, 1.165) is 30.7 Å². The summed E-state index contributed by atoms with van der Waals surface area (Å²) in [5, 5.41) is 12.7. The fourth-order valence-corrected chi connectivity index (χ4v) is 1.62. The Morgan fingerprint density at radius 2 is 2.00 bits per heavy atom.